The molecule has 2 aliphatic heterocycles. The smallest absolute Gasteiger partial charge is 0.133 e. The minimum absolute atomic E-state index is 0.358. The number of alkyl halides is 1. The molecule has 1 aromatic rings. The van der Waals surface area contributed by atoms with Gasteiger partial charge in [-0.2, -0.15) is 0 Å². The fourth-order valence-corrected chi connectivity index (χ4v) is 2.67. The van der Waals surface area contributed by atoms with Crippen molar-refractivity contribution in [3.05, 3.63) is 23.8 Å². The van der Waals surface area contributed by atoms with E-state index in [1.54, 1.807) is 0 Å². The lowest BCUT2D eigenvalue weighted by atomic mass is 9.88. The monoisotopic (exact) mass is 224 g/mol. The maximum Gasteiger partial charge on any atom is 0.133 e. The van der Waals surface area contributed by atoms with E-state index in [-0.39, 0.29) is 0 Å². The summed E-state index contributed by atoms with van der Waals surface area (Å²) in [7, 11) is 0. The zero-order valence-corrected chi connectivity index (χ0v) is 9.15. The second-order valence-corrected chi connectivity index (χ2v) is 4.57. The molecule has 3 heterocycles. The lowest BCUT2D eigenvalue weighted by molar-refractivity contribution is 0.0998. The number of ether oxygens (including phenoxy) is 1. The lowest BCUT2D eigenvalue weighted by Gasteiger charge is -2.16. The highest BCUT2D eigenvalue weighted by atomic mass is 35.5. The van der Waals surface area contributed by atoms with Crippen molar-refractivity contribution in [2.24, 2.45) is 0 Å². The topological polar surface area (TPSA) is 35.0 Å². The van der Waals surface area contributed by atoms with Crippen molar-refractivity contribution in [3.63, 3.8) is 0 Å². The molecule has 1 aromatic heterocycles. The summed E-state index contributed by atoms with van der Waals surface area (Å²) < 4.78 is 5.79. The van der Waals surface area contributed by atoms with Crippen molar-refractivity contribution in [2.75, 3.05) is 0 Å². The van der Waals surface area contributed by atoms with Crippen LogP contribution in [0.1, 0.15) is 36.6 Å². The Balaban J connectivity index is 1.81. The van der Waals surface area contributed by atoms with Crippen LogP contribution in [0.15, 0.2) is 12.4 Å². The van der Waals surface area contributed by atoms with E-state index in [1.165, 1.54) is 6.42 Å². The van der Waals surface area contributed by atoms with Crippen LogP contribution in [0.25, 0.3) is 0 Å². The lowest BCUT2D eigenvalue weighted by Crippen LogP contribution is -2.17. The Hall–Kier alpha value is -0.670. The fraction of sp³-hybridized carbons (Fsp3) is 0.636. The molecular weight excluding hydrogens is 212 g/mol. The molecule has 15 heavy (non-hydrogen) atoms. The number of hydrogen-bond donors (Lipinski definition) is 0. The molecule has 0 saturated carbocycles. The van der Waals surface area contributed by atoms with Gasteiger partial charge in [-0.1, -0.05) is 0 Å². The molecule has 2 fully saturated rings. The molecule has 0 spiro atoms. The van der Waals surface area contributed by atoms with Crippen LogP contribution in [-0.2, 0) is 10.6 Å². The van der Waals surface area contributed by atoms with Crippen molar-refractivity contribution < 1.29 is 4.74 Å². The highest BCUT2D eigenvalue weighted by Crippen LogP contribution is 2.43. The molecule has 3 unspecified atom stereocenters. The van der Waals surface area contributed by atoms with Gasteiger partial charge >= 0.3 is 0 Å². The predicted octanol–water partition coefficient (Wildman–Crippen LogP) is 2.25. The first-order chi connectivity index (χ1) is 7.36. The third-order valence-electron chi connectivity index (χ3n) is 3.32. The molecular formula is C11H13ClN2O. The van der Waals surface area contributed by atoms with Gasteiger partial charge in [-0.15, -0.1) is 11.6 Å². The quantitative estimate of drug-likeness (QED) is 0.723. The maximum absolute atomic E-state index is 5.79. The van der Waals surface area contributed by atoms with Gasteiger partial charge in [0, 0.05) is 23.9 Å². The van der Waals surface area contributed by atoms with E-state index in [4.69, 9.17) is 16.3 Å². The Morgan fingerprint density at radius 1 is 1.33 bits per heavy atom. The van der Waals surface area contributed by atoms with Gasteiger partial charge in [-0.3, -0.25) is 0 Å². The summed E-state index contributed by atoms with van der Waals surface area (Å²) in [6.07, 6.45) is 7.91. The van der Waals surface area contributed by atoms with E-state index >= 15 is 0 Å². The van der Waals surface area contributed by atoms with Crippen LogP contribution in [-0.4, -0.2) is 22.2 Å². The van der Waals surface area contributed by atoms with E-state index < -0.39 is 0 Å². The number of rotatable bonds is 2. The Morgan fingerprint density at radius 3 is 2.67 bits per heavy atom. The van der Waals surface area contributed by atoms with Crippen molar-refractivity contribution in [3.8, 4) is 0 Å². The SMILES string of the molecule is ClCc1cnc(C2CC3CCC2O3)nc1. The van der Waals surface area contributed by atoms with Crippen LogP contribution >= 0.6 is 11.6 Å². The minimum atomic E-state index is 0.358. The molecule has 0 aromatic carbocycles. The number of fused-ring (bicyclic) bond motifs is 2. The van der Waals surface area contributed by atoms with E-state index in [2.05, 4.69) is 9.97 Å². The third kappa shape index (κ3) is 1.64. The molecule has 0 aliphatic carbocycles. The van der Waals surface area contributed by atoms with Gasteiger partial charge in [-0.05, 0) is 19.3 Å². The van der Waals surface area contributed by atoms with E-state index in [1.807, 2.05) is 12.4 Å². The minimum Gasteiger partial charge on any atom is -0.374 e. The number of aromatic nitrogens is 2. The highest BCUT2D eigenvalue weighted by molar-refractivity contribution is 6.17. The molecule has 3 atom stereocenters. The van der Waals surface area contributed by atoms with Gasteiger partial charge in [-0.25, -0.2) is 9.97 Å². The van der Waals surface area contributed by atoms with E-state index in [9.17, 15) is 0 Å². The summed E-state index contributed by atoms with van der Waals surface area (Å²) in [6.45, 7) is 0. The molecule has 3 nitrogen and oxygen atoms in total. The summed E-state index contributed by atoms with van der Waals surface area (Å²) in [5.41, 5.74) is 0.976. The average molecular weight is 225 g/mol. The van der Waals surface area contributed by atoms with E-state index in [0.717, 1.165) is 24.2 Å². The summed E-state index contributed by atoms with van der Waals surface area (Å²) in [5, 5.41) is 0. The first kappa shape index (κ1) is 9.55. The van der Waals surface area contributed by atoms with Gasteiger partial charge < -0.3 is 4.74 Å². The molecule has 3 rings (SSSR count). The van der Waals surface area contributed by atoms with Gasteiger partial charge in [0.25, 0.3) is 0 Å². The van der Waals surface area contributed by atoms with Gasteiger partial charge in [0.05, 0.1) is 18.1 Å². The Labute approximate surface area is 93.8 Å². The number of halogens is 1. The van der Waals surface area contributed by atoms with Crippen LogP contribution in [0.3, 0.4) is 0 Å². The van der Waals surface area contributed by atoms with Crippen molar-refractivity contribution in [2.45, 2.75) is 43.3 Å². The third-order valence-corrected chi connectivity index (χ3v) is 3.63. The summed E-state index contributed by atoms with van der Waals surface area (Å²) >= 11 is 5.70. The summed E-state index contributed by atoms with van der Waals surface area (Å²) in [4.78, 5) is 8.75. The van der Waals surface area contributed by atoms with Gasteiger partial charge in [0.1, 0.15) is 5.82 Å². The molecule has 4 heteroatoms. The second-order valence-electron chi connectivity index (χ2n) is 4.30. The molecule has 0 amide bonds. The summed E-state index contributed by atoms with van der Waals surface area (Å²) in [5.74, 6) is 1.82. The number of hydrogen-bond acceptors (Lipinski definition) is 3. The molecule has 0 radical (unpaired) electrons. The second kappa shape index (κ2) is 3.72. The number of nitrogens with zero attached hydrogens (tertiary/aromatic N) is 2. The highest BCUT2D eigenvalue weighted by Gasteiger charge is 2.42. The zero-order chi connectivity index (χ0) is 10.3. The molecule has 80 valence electrons. The van der Waals surface area contributed by atoms with Crippen LogP contribution in [0.4, 0.5) is 0 Å². The Kier molecular flexibility index (Phi) is 2.37. The first-order valence-corrected chi connectivity index (χ1v) is 5.92. The fourth-order valence-electron chi connectivity index (χ4n) is 2.53. The van der Waals surface area contributed by atoms with Crippen molar-refractivity contribution in [1.82, 2.24) is 9.97 Å². The predicted molar refractivity (Wildman–Crippen MR) is 56.8 cm³/mol. The van der Waals surface area contributed by atoms with Crippen LogP contribution in [0.5, 0.6) is 0 Å². The van der Waals surface area contributed by atoms with Crippen molar-refractivity contribution >= 4 is 11.6 Å². The Bertz CT molecular complexity index is 354. The van der Waals surface area contributed by atoms with Crippen molar-refractivity contribution in [1.29, 1.82) is 0 Å². The maximum atomic E-state index is 5.79. The average Bonchev–Trinajstić information content (AvgIpc) is 2.91. The molecule has 2 aliphatic rings. The zero-order valence-electron chi connectivity index (χ0n) is 8.40. The standard InChI is InChI=1S/C11H13ClN2O/c12-4-7-5-13-11(14-6-7)9-3-8-1-2-10(9)15-8/h5-6,8-10H,1-4H2. The van der Waals surface area contributed by atoms with Gasteiger partial charge in [0.2, 0.25) is 0 Å². The van der Waals surface area contributed by atoms with Crippen LogP contribution < -0.4 is 0 Å². The molecule has 2 saturated heterocycles. The molecule has 0 N–H and O–H groups in total. The van der Waals surface area contributed by atoms with E-state index in [0.29, 0.717) is 24.0 Å². The Morgan fingerprint density at radius 2 is 2.13 bits per heavy atom. The first-order valence-electron chi connectivity index (χ1n) is 5.39. The molecule has 2 bridgehead atoms. The normalized spacial score (nSPS) is 33.5. The van der Waals surface area contributed by atoms with Crippen LogP contribution in [0, 0.1) is 0 Å². The van der Waals surface area contributed by atoms with Crippen LogP contribution in [0.2, 0.25) is 0 Å². The largest absolute Gasteiger partial charge is 0.374 e. The van der Waals surface area contributed by atoms with Gasteiger partial charge in [0.15, 0.2) is 0 Å². The summed E-state index contributed by atoms with van der Waals surface area (Å²) in [6, 6.07) is 0.